The normalized spacial score (nSPS) is 18.9. The van der Waals surface area contributed by atoms with Crippen molar-refractivity contribution in [2.24, 2.45) is 0 Å². The summed E-state index contributed by atoms with van der Waals surface area (Å²) in [6.07, 6.45) is 11.6. The van der Waals surface area contributed by atoms with Gasteiger partial charge in [0, 0.05) is 19.2 Å². The zero-order chi connectivity index (χ0) is 9.80. The van der Waals surface area contributed by atoms with E-state index in [0.717, 1.165) is 0 Å². The summed E-state index contributed by atoms with van der Waals surface area (Å²) >= 11 is 0. The van der Waals surface area contributed by atoms with Crippen LogP contribution in [0.1, 0.15) is 50.0 Å². The maximum Gasteiger partial charge on any atom is 0.108 e. The summed E-state index contributed by atoms with van der Waals surface area (Å²) in [5, 5.41) is 0. The van der Waals surface area contributed by atoms with Crippen molar-refractivity contribution in [1.82, 2.24) is 9.55 Å². The first-order valence-electron chi connectivity index (χ1n) is 5.89. The average molecular weight is 192 g/mol. The standard InChI is InChI=1S/C12H20N2/c1-11-10-14-9-7-5-3-2-4-6-8-12(14)13-11/h10H,2-9H2,1H3. The first-order chi connectivity index (χ1) is 6.86. The number of hydrogen-bond donors (Lipinski definition) is 0. The number of nitrogens with zero attached hydrogens (tertiary/aromatic N) is 2. The smallest absolute Gasteiger partial charge is 0.108 e. The molecule has 0 saturated carbocycles. The molecule has 1 aromatic rings. The van der Waals surface area contributed by atoms with Crippen molar-refractivity contribution in [2.75, 3.05) is 0 Å². The van der Waals surface area contributed by atoms with Crippen molar-refractivity contribution in [3.05, 3.63) is 17.7 Å². The van der Waals surface area contributed by atoms with Crippen LogP contribution in [0.25, 0.3) is 0 Å². The fraction of sp³-hybridized carbons (Fsp3) is 0.750. The van der Waals surface area contributed by atoms with E-state index in [4.69, 9.17) is 0 Å². The minimum Gasteiger partial charge on any atom is -0.335 e. The number of rotatable bonds is 0. The molecule has 2 rings (SSSR count). The minimum atomic E-state index is 1.17. The molecule has 0 atom stereocenters. The summed E-state index contributed by atoms with van der Waals surface area (Å²) in [5.74, 6) is 1.31. The highest BCUT2D eigenvalue weighted by atomic mass is 15.1. The Labute approximate surface area is 86.3 Å². The number of aryl methyl sites for hydroxylation is 3. The highest BCUT2D eigenvalue weighted by Gasteiger charge is 2.06. The van der Waals surface area contributed by atoms with Crippen LogP contribution in [-0.4, -0.2) is 9.55 Å². The number of hydrogen-bond acceptors (Lipinski definition) is 1. The Bertz CT molecular complexity index is 261. The Morgan fingerprint density at radius 2 is 1.79 bits per heavy atom. The maximum absolute atomic E-state index is 4.59. The van der Waals surface area contributed by atoms with Gasteiger partial charge < -0.3 is 4.57 Å². The molecule has 0 bridgehead atoms. The fourth-order valence-electron chi connectivity index (χ4n) is 2.26. The van der Waals surface area contributed by atoms with Crippen molar-refractivity contribution in [3.63, 3.8) is 0 Å². The molecular formula is C12H20N2. The third-order valence-corrected chi connectivity index (χ3v) is 3.03. The van der Waals surface area contributed by atoms with Gasteiger partial charge in [0.1, 0.15) is 5.82 Å². The van der Waals surface area contributed by atoms with Crippen LogP contribution >= 0.6 is 0 Å². The van der Waals surface area contributed by atoms with Gasteiger partial charge in [-0.05, 0) is 19.8 Å². The lowest BCUT2D eigenvalue weighted by atomic mass is 10.1. The van der Waals surface area contributed by atoms with E-state index in [1.165, 1.54) is 63.0 Å². The number of fused-ring (bicyclic) bond motifs is 1. The Kier molecular flexibility index (Phi) is 3.22. The van der Waals surface area contributed by atoms with E-state index in [1.54, 1.807) is 0 Å². The Balaban J connectivity index is 2.09. The molecule has 0 saturated heterocycles. The second-order valence-corrected chi connectivity index (χ2v) is 4.36. The lowest BCUT2D eigenvalue weighted by Gasteiger charge is -2.10. The monoisotopic (exact) mass is 192 g/mol. The predicted octanol–water partition coefficient (Wildman–Crippen LogP) is 3.09. The largest absolute Gasteiger partial charge is 0.335 e. The number of imidazole rings is 1. The highest BCUT2D eigenvalue weighted by molar-refractivity contribution is 5.02. The van der Waals surface area contributed by atoms with E-state index < -0.39 is 0 Å². The molecule has 2 heterocycles. The molecule has 0 amide bonds. The van der Waals surface area contributed by atoms with Crippen LogP contribution in [0.15, 0.2) is 6.20 Å². The molecule has 2 heteroatoms. The fourth-order valence-corrected chi connectivity index (χ4v) is 2.26. The van der Waals surface area contributed by atoms with Crippen molar-refractivity contribution >= 4 is 0 Å². The zero-order valence-corrected chi connectivity index (χ0v) is 9.13. The van der Waals surface area contributed by atoms with Gasteiger partial charge in [-0.15, -0.1) is 0 Å². The molecule has 0 unspecified atom stereocenters. The van der Waals surface area contributed by atoms with Gasteiger partial charge in [0.25, 0.3) is 0 Å². The average Bonchev–Trinajstić information content (AvgIpc) is 2.52. The molecule has 0 spiro atoms. The molecule has 14 heavy (non-hydrogen) atoms. The SMILES string of the molecule is Cc1cn2c(n1)CCCCCCCC2. The molecule has 1 aromatic heterocycles. The highest BCUT2D eigenvalue weighted by Crippen LogP contribution is 2.14. The van der Waals surface area contributed by atoms with Gasteiger partial charge in [-0.2, -0.15) is 0 Å². The van der Waals surface area contributed by atoms with Crippen LogP contribution in [0.3, 0.4) is 0 Å². The van der Waals surface area contributed by atoms with Crippen LogP contribution in [0, 0.1) is 6.92 Å². The van der Waals surface area contributed by atoms with E-state index in [9.17, 15) is 0 Å². The first-order valence-corrected chi connectivity index (χ1v) is 5.89. The van der Waals surface area contributed by atoms with E-state index in [-0.39, 0.29) is 0 Å². The summed E-state index contributed by atoms with van der Waals surface area (Å²) < 4.78 is 2.36. The van der Waals surface area contributed by atoms with Crippen LogP contribution in [0.4, 0.5) is 0 Å². The molecule has 0 aromatic carbocycles. The molecule has 2 nitrogen and oxygen atoms in total. The van der Waals surface area contributed by atoms with E-state index in [2.05, 4.69) is 22.7 Å². The Morgan fingerprint density at radius 1 is 1.07 bits per heavy atom. The summed E-state index contributed by atoms with van der Waals surface area (Å²) in [7, 11) is 0. The van der Waals surface area contributed by atoms with Crippen molar-refractivity contribution < 1.29 is 0 Å². The quantitative estimate of drug-likeness (QED) is 0.617. The summed E-state index contributed by atoms with van der Waals surface area (Å²) in [6, 6.07) is 0. The Hall–Kier alpha value is -0.790. The third kappa shape index (κ3) is 2.37. The van der Waals surface area contributed by atoms with Crippen molar-refractivity contribution in [1.29, 1.82) is 0 Å². The van der Waals surface area contributed by atoms with E-state index in [0.29, 0.717) is 0 Å². The maximum atomic E-state index is 4.59. The van der Waals surface area contributed by atoms with Gasteiger partial charge in [0.15, 0.2) is 0 Å². The van der Waals surface area contributed by atoms with Gasteiger partial charge in [-0.3, -0.25) is 0 Å². The minimum absolute atomic E-state index is 1.17. The van der Waals surface area contributed by atoms with Crippen LogP contribution in [-0.2, 0) is 13.0 Å². The Morgan fingerprint density at radius 3 is 2.64 bits per heavy atom. The second kappa shape index (κ2) is 4.63. The van der Waals surface area contributed by atoms with Gasteiger partial charge >= 0.3 is 0 Å². The molecule has 78 valence electrons. The zero-order valence-electron chi connectivity index (χ0n) is 9.13. The van der Waals surface area contributed by atoms with Gasteiger partial charge in [-0.25, -0.2) is 4.98 Å². The van der Waals surface area contributed by atoms with E-state index in [1.807, 2.05) is 0 Å². The summed E-state index contributed by atoms with van der Waals surface area (Å²) in [6.45, 7) is 3.27. The lowest BCUT2D eigenvalue weighted by Crippen LogP contribution is -2.04. The van der Waals surface area contributed by atoms with Crippen molar-refractivity contribution in [3.8, 4) is 0 Å². The van der Waals surface area contributed by atoms with Crippen molar-refractivity contribution in [2.45, 2.75) is 58.4 Å². The molecular weight excluding hydrogens is 172 g/mol. The molecule has 0 aliphatic carbocycles. The van der Waals surface area contributed by atoms with Crippen LogP contribution < -0.4 is 0 Å². The number of aromatic nitrogens is 2. The molecule has 0 fully saturated rings. The summed E-state index contributed by atoms with van der Waals surface area (Å²) in [5.41, 5.74) is 1.18. The lowest BCUT2D eigenvalue weighted by molar-refractivity contribution is 0.512. The predicted molar refractivity (Wildman–Crippen MR) is 58.4 cm³/mol. The second-order valence-electron chi connectivity index (χ2n) is 4.36. The molecule has 1 aliphatic rings. The van der Waals surface area contributed by atoms with Gasteiger partial charge in [0.2, 0.25) is 0 Å². The topological polar surface area (TPSA) is 17.8 Å². The van der Waals surface area contributed by atoms with E-state index >= 15 is 0 Å². The van der Waals surface area contributed by atoms with Gasteiger partial charge in [-0.1, -0.05) is 25.7 Å². The molecule has 1 aliphatic heterocycles. The molecule has 0 N–H and O–H groups in total. The first kappa shape index (κ1) is 9.75. The third-order valence-electron chi connectivity index (χ3n) is 3.03. The van der Waals surface area contributed by atoms with Crippen LogP contribution in [0.2, 0.25) is 0 Å². The van der Waals surface area contributed by atoms with Crippen LogP contribution in [0.5, 0.6) is 0 Å². The van der Waals surface area contributed by atoms with Gasteiger partial charge in [0.05, 0.1) is 5.69 Å². The summed E-state index contributed by atoms with van der Waals surface area (Å²) in [4.78, 5) is 4.59. The molecule has 0 radical (unpaired) electrons.